The van der Waals surface area contributed by atoms with E-state index in [-0.39, 0.29) is 24.8 Å². The molecular formula is C27H29Cl2Zr. The molecule has 3 heteroatoms. The van der Waals surface area contributed by atoms with Crippen LogP contribution in [0.15, 0.2) is 42.5 Å². The van der Waals surface area contributed by atoms with E-state index in [1.54, 1.807) is 27.8 Å². The summed E-state index contributed by atoms with van der Waals surface area (Å²) in [5.74, 6) is 0. The Hall–Kier alpha value is -0.747. The van der Waals surface area contributed by atoms with Gasteiger partial charge in [-0.3, -0.25) is 0 Å². The van der Waals surface area contributed by atoms with Gasteiger partial charge in [0.1, 0.15) is 0 Å². The van der Waals surface area contributed by atoms with Gasteiger partial charge < -0.3 is 24.8 Å². The maximum atomic E-state index is 2.44. The molecule has 2 aromatic rings. The summed E-state index contributed by atoms with van der Waals surface area (Å²) >= 11 is -0.646. The number of hydrogen-bond donors (Lipinski definition) is 0. The first-order chi connectivity index (χ1) is 13.7. The molecule has 0 spiro atoms. The fourth-order valence-electron chi connectivity index (χ4n) is 5.48. The summed E-state index contributed by atoms with van der Waals surface area (Å²) in [7, 11) is 0. The van der Waals surface area contributed by atoms with Crippen molar-refractivity contribution in [1.82, 2.24) is 0 Å². The van der Waals surface area contributed by atoms with Gasteiger partial charge in [-0.05, 0) is 0 Å². The Morgan fingerprint density at radius 1 is 0.833 bits per heavy atom. The Bertz CT molecular complexity index is 1050. The van der Waals surface area contributed by atoms with Crippen LogP contribution in [-0.2, 0) is 22.8 Å². The van der Waals surface area contributed by atoms with Crippen molar-refractivity contribution in [3.63, 3.8) is 0 Å². The third-order valence-electron chi connectivity index (χ3n) is 7.14. The average molecular weight is 516 g/mol. The van der Waals surface area contributed by atoms with Crippen LogP contribution in [-0.4, -0.2) is 3.21 Å². The molecule has 0 heterocycles. The molecule has 1 unspecified atom stereocenters. The molecule has 0 aliphatic heterocycles. The van der Waals surface area contributed by atoms with Crippen LogP contribution < -0.4 is 24.8 Å². The van der Waals surface area contributed by atoms with Gasteiger partial charge in [-0.1, -0.05) is 0 Å². The summed E-state index contributed by atoms with van der Waals surface area (Å²) in [6, 6.07) is 9.35. The second-order valence-electron chi connectivity index (χ2n) is 8.69. The first kappa shape index (κ1) is 23.9. The molecule has 1 atom stereocenters. The van der Waals surface area contributed by atoms with Gasteiger partial charge >= 0.3 is 181 Å². The van der Waals surface area contributed by atoms with Crippen molar-refractivity contribution in [1.29, 1.82) is 0 Å². The van der Waals surface area contributed by atoms with E-state index < -0.39 is 22.8 Å². The normalized spacial score (nSPS) is 18.7. The van der Waals surface area contributed by atoms with Crippen molar-refractivity contribution in [3.05, 3.63) is 75.9 Å². The van der Waals surface area contributed by atoms with Crippen molar-refractivity contribution in [2.24, 2.45) is 0 Å². The maximum Gasteiger partial charge on any atom is -1.00 e. The molecule has 3 aliphatic rings. The minimum Gasteiger partial charge on any atom is -1.00 e. The van der Waals surface area contributed by atoms with Gasteiger partial charge in [0.15, 0.2) is 0 Å². The molecule has 155 valence electrons. The average Bonchev–Trinajstić information content (AvgIpc) is 3.35. The minimum absolute atomic E-state index is 0. The monoisotopic (exact) mass is 513 g/mol. The van der Waals surface area contributed by atoms with E-state index >= 15 is 0 Å². The molecule has 0 N–H and O–H groups in total. The van der Waals surface area contributed by atoms with E-state index in [2.05, 4.69) is 63.3 Å². The molecule has 0 amide bonds. The van der Waals surface area contributed by atoms with Crippen LogP contribution in [0, 0.1) is 20.8 Å². The molecule has 0 radical (unpaired) electrons. The molecule has 0 nitrogen and oxygen atoms in total. The van der Waals surface area contributed by atoms with Crippen LogP contribution in [0.3, 0.4) is 0 Å². The van der Waals surface area contributed by atoms with E-state index in [0.29, 0.717) is 3.63 Å². The molecule has 2 aromatic carbocycles. The van der Waals surface area contributed by atoms with E-state index in [0.717, 1.165) is 6.42 Å². The summed E-state index contributed by atoms with van der Waals surface area (Å²) in [6.45, 7) is 7.07. The molecule has 3 aliphatic carbocycles. The second-order valence-corrected chi connectivity index (χ2v) is 12.6. The quantitative estimate of drug-likeness (QED) is 0.565. The number of allylic oxidation sites excluding steroid dienone is 4. The Kier molecular flexibility index (Phi) is 7.82. The number of fused-ring (bicyclic) bond motifs is 3. The van der Waals surface area contributed by atoms with Gasteiger partial charge in [-0.2, -0.15) is 0 Å². The third-order valence-corrected chi connectivity index (χ3v) is 11.6. The molecule has 0 aromatic heterocycles. The first-order valence-corrected chi connectivity index (χ1v) is 13.5. The Morgan fingerprint density at radius 2 is 1.53 bits per heavy atom. The van der Waals surface area contributed by atoms with Crippen LogP contribution in [0.2, 0.25) is 0 Å². The van der Waals surface area contributed by atoms with Crippen LogP contribution in [0.1, 0.15) is 75.5 Å². The Labute approximate surface area is 205 Å². The van der Waals surface area contributed by atoms with Gasteiger partial charge in [-0.15, -0.1) is 0 Å². The SMILES string of the molecule is Cc1c(C)c(C2=CC=CC2)c2c(c1C)-c1ccccc1[CH]2[Zr+2]=[C]1CCCCC1.[Cl-].[Cl-]. The first-order valence-electron chi connectivity index (χ1n) is 10.9. The predicted molar refractivity (Wildman–Crippen MR) is 118 cm³/mol. The summed E-state index contributed by atoms with van der Waals surface area (Å²) in [5.41, 5.74) is 14.2. The van der Waals surface area contributed by atoms with Crippen molar-refractivity contribution < 1.29 is 47.6 Å². The third kappa shape index (κ3) is 3.92. The predicted octanol–water partition coefficient (Wildman–Crippen LogP) is 1.25. The standard InChI is InChI=1S/C21H19.C6H10.2ClH.Zr/c1-13-14(2)20(16-8-4-5-9-16)19-12-17-10-6-7-11-18(17)21(19)15(13)3;1-2-4-6-5-3-1;;;/h4-8,10-12H,9H2,1-3H3;1-5H2;2*1H;/q;;;;+2/p-2. The van der Waals surface area contributed by atoms with Crippen molar-refractivity contribution in [2.45, 2.75) is 62.9 Å². The molecule has 5 rings (SSSR count). The summed E-state index contributed by atoms with van der Waals surface area (Å²) < 4.78 is 2.68. The maximum absolute atomic E-state index is 2.44. The number of halogens is 2. The van der Waals surface area contributed by atoms with Crippen LogP contribution in [0.25, 0.3) is 16.7 Å². The second kappa shape index (κ2) is 9.81. The molecule has 0 saturated heterocycles. The smallest absolute Gasteiger partial charge is 1.00 e. The van der Waals surface area contributed by atoms with Crippen LogP contribution in [0.5, 0.6) is 0 Å². The van der Waals surface area contributed by atoms with E-state index in [4.69, 9.17) is 0 Å². The number of hydrogen-bond acceptors (Lipinski definition) is 0. The zero-order valence-corrected chi connectivity index (χ0v) is 22.1. The molecule has 1 fully saturated rings. The topological polar surface area (TPSA) is 0 Å². The largest absolute Gasteiger partial charge is 1.00 e. The van der Waals surface area contributed by atoms with Gasteiger partial charge in [0, 0.05) is 0 Å². The molecular weight excluding hydrogens is 486 g/mol. The summed E-state index contributed by atoms with van der Waals surface area (Å²) in [5, 5.41) is 0. The fourth-order valence-corrected chi connectivity index (χ4v) is 10.1. The van der Waals surface area contributed by atoms with Gasteiger partial charge in [0.05, 0.1) is 0 Å². The Morgan fingerprint density at radius 3 is 2.23 bits per heavy atom. The van der Waals surface area contributed by atoms with Gasteiger partial charge in [0.25, 0.3) is 0 Å². The van der Waals surface area contributed by atoms with E-state index in [9.17, 15) is 0 Å². The summed E-state index contributed by atoms with van der Waals surface area (Å²) in [6.07, 6.45) is 15.2. The molecule has 30 heavy (non-hydrogen) atoms. The van der Waals surface area contributed by atoms with E-state index in [1.807, 2.05) is 3.21 Å². The zero-order valence-electron chi connectivity index (χ0n) is 18.1. The van der Waals surface area contributed by atoms with E-state index in [1.165, 1.54) is 54.4 Å². The number of rotatable bonds is 2. The Balaban J connectivity index is 0.00000128. The number of benzene rings is 2. The molecule has 1 saturated carbocycles. The van der Waals surface area contributed by atoms with Crippen LogP contribution >= 0.6 is 0 Å². The van der Waals surface area contributed by atoms with Gasteiger partial charge in [0.2, 0.25) is 0 Å². The van der Waals surface area contributed by atoms with Gasteiger partial charge in [-0.25, -0.2) is 0 Å². The van der Waals surface area contributed by atoms with Crippen LogP contribution in [0.4, 0.5) is 0 Å². The van der Waals surface area contributed by atoms with Crippen molar-refractivity contribution >= 4 is 8.78 Å². The molecule has 0 bridgehead atoms. The summed E-state index contributed by atoms with van der Waals surface area (Å²) in [4.78, 5) is 0. The van der Waals surface area contributed by atoms with Crippen molar-refractivity contribution in [3.8, 4) is 11.1 Å². The minimum atomic E-state index is -0.646. The fraction of sp³-hybridized carbons (Fsp3) is 0.370. The zero-order chi connectivity index (χ0) is 19.3. The van der Waals surface area contributed by atoms with Crippen molar-refractivity contribution in [2.75, 3.05) is 0 Å².